The number of carbonyl (C=O) groups excluding carboxylic acids is 1. The lowest BCUT2D eigenvalue weighted by Crippen LogP contribution is -1.98. The fourth-order valence-corrected chi connectivity index (χ4v) is 1.20. The SMILES string of the molecule is CCC(O)c1cccc(C(C)=O)c1. The van der Waals surface area contributed by atoms with Crippen molar-refractivity contribution in [1.29, 1.82) is 0 Å². The van der Waals surface area contributed by atoms with E-state index in [1.54, 1.807) is 18.2 Å². The van der Waals surface area contributed by atoms with Gasteiger partial charge >= 0.3 is 0 Å². The average molecular weight is 178 g/mol. The van der Waals surface area contributed by atoms with Gasteiger partial charge in [0.1, 0.15) is 0 Å². The first-order chi connectivity index (χ1) is 6.15. The molecule has 0 fully saturated rings. The summed E-state index contributed by atoms with van der Waals surface area (Å²) in [6.07, 6.45) is 0.209. The van der Waals surface area contributed by atoms with E-state index in [0.717, 1.165) is 5.56 Å². The zero-order valence-corrected chi connectivity index (χ0v) is 7.95. The van der Waals surface area contributed by atoms with Crippen LogP contribution in [-0.4, -0.2) is 10.9 Å². The van der Waals surface area contributed by atoms with Crippen LogP contribution < -0.4 is 0 Å². The van der Waals surface area contributed by atoms with Crippen molar-refractivity contribution in [3.63, 3.8) is 0 Å². The van der Waals surface area contributed by atoms with Crippen molar-refractivity contribution < 1.29 is 9.90 Å². The van der Waals surface area contributed by atoms with Gasteiger partial charge in [0.2, 0.25) is 0 Å². The highest BCUT2D eigenvalue weighted by molar-refractivity contribution is 5.94. The van der Waals surface area contributed by atoms with Crippen molar-refractivity contribution in [2.24, 2.45) is 0 Å². The minimum absolute atomic E-state index is 0.0325. The summed E-state index contributed by atoms with van der Waals surface area (Å²) in [5, 5.41) is 9.52. The topological polar surface area (TPSA) is 37.3 Å². The van der Waals surface area contributed by atoms with Crippen LogP contribution >= 0.6 is 0 Å². The summed E-state index contributed by atoms with van der Waals surface area (Å²) in [5.41, 5.74) is 1.47. The summed E-state index contributed by atoms with van der Waals surface area (Å²) in [5.74, 6) is 0.0325. The van der Waals surface area contributed by atoms with Gasteiger partial charge in [0.05, 0.1) is 6.10 Å². The van der Waals surface area contributed by atoms with Gasteiger partial charge in [-0.1, -0.05) is 25.1 Å². The summed E-state index contributed by atoms with van der Waals surface area (Å²) in [4.78, 5) is 11.0. The summed E-state index contributed by atoms with van der Waals surface area (Å²) >= 11 is 0. The molecule has 0 aliphatic carbocycles. The molecule has 70 valence electrons. The molecule has 13 heavy (non-hydrogen) atoms. The van der Waals surface area contributed by atoms with Crippen LogP contribution in [0.3, 0.4) is 0 Å². The Morgan fingerprint density at radius 1 is 1.54 bits per heavy atom. The van der Waals surface area contributed by atoms with E-state index in [1.807, 2.05) is 13.0 Å². The standard InChI is InChI=1S/C11H14O2/c1-3-11(13)10-6-4-5-9(7-10)8(2)12/h4-7,11,13H,3H2,1-2H3. The smallest absolute Gasteiger partial charge is 0.159 e. The van der Waals surface area contributed by atoms with Crippen LogP contribution in [0.2, 0.25) is 0 Å². The number of benzene rings is 1. The number of ketones is 1. The number of Topliss-reactive ketones (excluding diaryl/α,β-unsaturated/α-hetero) is 1. The molecular formula is C11H14O2. The largest absolute Gasteiger partial charge is 0.388 e. The molecule has 0 saturated heterocycles. The van der Waals surface area contributed by atoms with Crippen LogP contribution in [0.15, 0.2) is 24.3 Å². The van der Waals surface area contributed by atoms with Crippen molar-refractivity contribution >= 4 is 5.78 Å². The van der Waals surface area contributed by atoms with Gasteiger partial charge in [-0.25, -0.2) is 0 Å². The Labute approximate surface area is 78.2 Å². The molecule has 2 nitrogen and oxygen atoms in total. The maximum absolute atomic E-state index is 11.0. The molecule has 0 bridgehead atoms. The normalized spacial score (nSPS) is 12.5. The number of hydrogen-bond donors (Lipinski definition) is 1. The van der Waals surface area contributed by atoms with E-state index >= 15 is 0 Å². The summed E-state index contributed by atoms with van der Waals surface area (Å²) in [7, 11) is 0. The van der Waals surface area contributed by atoms with Crippen LogP contribution in [0.25, 0.3) is 0 Å². The van der Waals surface area contributed by atoms with Crippen molar-refractivity contribution in [3.05, 3.63) is 35.4 Å². The van der Waals surface area contributed by atoms with E-state index in [1.165, 1.54) is 6.92 Å². The fraction of sp³-hybridized carbons (Fsp3) is 0.364. The van der Waals surface area contributed by atoms with Crippen LogP contribution in [0.4, 0.5) is 0 Å². The highest BCUT2D eigenvalue weighted by Gasteiger charge is 2.06. The molecule has 2 heteroatoms. The average Bonchev–Trinajstić information content (AvgIpc) is 2.17. The van der Waals surface area contributed by atoms with Gasteiger partial charge in [-0.2, -0.15) is 0 Å². The van der Waals surface area contributed by atoms with Crippen molar-refractivity contribution in [2.45, 2.75) is 26.4 Å². The molecule has 1 N–H and O–H groups in total. The molecule has 0 radical (unpaired) electrons. The molecule has 0 amide bonds. The minimum Gasteiger partial charge on any atom is -0.388 e. The molecule has 0 aliphatic heterocycles. The molecule has 0 spiro atoms. The molecule has 0 aliphatic rings. The maximum Gasteiger partial charge on any atom is 0.159 e. The Hall–Kier alpha value is -1.15. The van der Waals surface area contributed by atoms with Gasteiger partial charge in [-0.15, -0.1) is 0 Å². The third-order valence-corrected chi connectivity index (χ3v) is 2.06. The Bertz CT molecular complexity index is 305. The van der Waals surface area contributed by atoms with Crippen molar-refractivity contribution in [3.8, 4) is 0 Å². The molecule has 0 saturated carbocycles. The number of hydrogen-bond acceptors (Lipinski definition) is 2. The molecule has 0 heterocycles. The van der Waals surface area contributed by atoms with Gasteiger partial charge in [-0.3, -0.25) is 4.79 Å². The first-order valence-corrected chi connectivity index (χ1v) is 4.44. The second-order valence-electron chi connectivity index (χ2n) is 3.11. The lowest BCUT2D eigenvalue weighted by Gasteiger charge is -2.08. The predicted octanol–water partition coefficient (Wildman–Crippen LogP) is 2.33. The van der Waals surface area contributed by atoms with E-state index in [4.69, 9.17) is 0 Å². The summed E-state index contributed by atoms with van der Waals surface area (Å²) in [6.45, 7) is 3.43. The molecular weight excluding hydrogens is 164 g/mol. The van der Waals surface area contributed by atoms with E-state index in [2.05, 4.69) is 0 Å². The third-order valence-electron chi connectivity index (χ3n) is 2.06. The lowest BCUT2D eigenvalue weighted by atomic mass is 10.0. The number of carbonyl (C=O) groups is 1. The summed E-state index contributed by atoms with van der Waals surface area (Å²) in [6, 6.07) is 7.14. The van der Waals surface area contributed by atoms with Gasteiger partial charge in [0, 0.05) is 5.56 Å². The minimum atomic E-state index is -0.459. The van der Waals surface area contributed by atoms with Gasteiger partial charge in [-0.05, 0) is 25.0 Å². The molecule has 1 aromatic rings. The van der Waals surface area contributed by atoms with E-state index < -0.39 is 6.10 Å². The predicted molar refractivity (Wildman–Crippen MR) is 51.7 cm³/mol. The maximum atomic E-state index is 11.0. The highest BCUT2D eigenvalue weighted by atomic mass is 16.3. The molecule has 1 unspecified atom stereocenters. The molecule has 1 aromatic carbocycles. The van der Waals surface area contributed by atoms with Gasteiger partial charge in [0.25, 0.3) is 0 Å². The Kier molecular flexibility index (Phi) is 3.20. The Morgan fingerprint density at radius 2 is 2.23 bits per heavy atom. The van der Waals surface area contributed by atoms with Crippen LogP contribution in [0.1, 0.15) is 42.3 Å². The lowest BCUT2D eigenvalue weighted by molar-refractivity contribution is 0.101. The van der Waals surface area contributed by atoms with Crippen LogP contribution in [0, 0.1) is 0 Å². The molecule has 1 atom stereocenters. The molecule has 0 aromatic heterocycles. The monoisotopic (exact) mass is 178 g/mol. The number of aliphatic hydroxyl groups excluding tert-OH is 1. The number of aliphatic hydroxyl groups is 1. The van der Waals surface area contributed by atoms with Crippen molar-refractivity contribution in [1.82, 2.24) is 0 Å². The quantitative estimate of drug-likeness (QED) is 0.721. The fourth-order valence-electron chi connectivity index (χ4n) is 1.20. The van der Waals surface area contributed by atoms with E-state index in [-0.39, 0.29) is 5.78 Å². The zero-order valence-electron chi connectivity index (χ0n) is 7.95. The second-order valence-corrected chi connectivity index (χ2v) is 3.11. The van der Waals surface area contributed by atoms with Gasteiger partial charge in [0.15, 0.2) is 5.78 Å². The van der Waals surface area contributed by atoms with E-state index in [0.29, 0.717) is 12.0 Å². The van der Waals surface area contributed by atoms with Crippen molar-refractivity contribution in [2.75, 3.05) is 0 Å². The van der Waals surface area contributed by atoms with Crippen LogP contribution in [-0.2, 0) is 0 Å². The Morgan fingerprint density at radius 3 is 2.77 bits per heavy atom. The summed E-state index contributed by atoms with van der Waals surface area (Å²) < 4.78 is 0. The zero-order chi connectivity index (χ0) is 9.84. The van der Waals surface area contributed by atoms with Crippen LogP contribution in [0.5, 0.6) is 0 Å². The second kappa shape index (κ2) is 4.19. The highest BCUT2D eigenvalue weighted by Crippen LogP contribution is 2.17. The molecule has 1 rings (SSSR count). The first kappa shape index (κ1) is 9.93. The third kappa shape index (κ3) is 2.39. The van der Waals surface area contributed by atoms with Gasteiger partial charge < -0.3 is 5.11 Å². The Balaban J connectivity index is 2.98. The number of rotatable bonds is 3. The first-order valence-electron chi connectivity index (χ1n) is 4.44. The van der Waals surface area contributed by atoms with E-state index in [9.17, 15) is 9.90 Å².